The minimum absolute atomic E-state index is 0.251. The van der Waals surface area contributed by atoms with Crippen molar-refractivity contribution < 1.29 is 32.6 Å². The number of esters is 1. The Morgan fingerprint density at radius 3 is 2.62 bits per heavy atom. The summed E-state index contributed by atoms with van der Waals surface area (Å²) in [7, 11) is 1.27. The Balaban J connectivity index is 1.75. The zero-order valence-electron chi connectivity index (χ0n) is 14.1. The number of ether oxygens (including phenoxy) is 3. The number of rotatable bonds is 3. The summed E-state index contributed by atoms with van der Waals surface area (Å²) >= 11 is 0. The molecule has 1 heterocycles. The van der Waals surface area contributed by atoms with Crippen LogP contribution in [0.5, 0.6) is 0 Å². The molecule has 0 aromatic heterocycles. The average molecular weight is 365 g/mol. The molecule has 0 fully saturated rings. The Kier molecular flexibility index (Phi) is 4.92. The van der Waals surface area contributed by atoms with Crippen LogP contribution in [0.15, 0.2) is 41.7 Å². The summed E-state index contributed by atoms with van der Waals surface area (Å²) < 4.78 is 42.6. The van der Waals surface area contributed by atoms with Crippen molar-refractivity contribution in [3.8, 4) is 0 Å². The number of hydrogen-bond donors (Lipinski definition) is 1. The van der Waals surface area contributed by atoms with Crippen molar-refractivity contribution in [2.24, 2.45) is 11.8 Å². The predicted molar refractivity (Wildman–Crippen MR) is 86.8 cm³/mol. The van der Waals surface area contributed by atoms with Gasteiger partial charge in [-0.15, -0.1) is 0 Å². The van der Waals surface area contributed by atoms with E-state index in [4.69, 9.17) is 14.2 Å². The van der Waals surface area contributed by atoms with Crippen LogP contribution in [0.4, 0.5) is 19.3 Å². The maximum absolute atomic E-state index is 13.6. The Hall–Kier alpha value is -2.90. The first-order valence-electron chi connectivity index (χ1n) is 7.94. The largest absolute Gasteiger partial charge is 0.466 e. The van der Waals surface area contributed by atoms with E-state index in [1.807, 2.05) is 18.3 Å². The first-order valence-corrected chi connectivity index (χ1v) is 7.94. The predicted octanol–water partition coefficient (Wildman–Crippen LogP) is 3.51. The van der Waals surface area contributed by atoms with Crippen LogP contribution in [-0.2, 0) is 19.0 Å². The Morgan fingerprint density at radius 1 is 1.27 bits per heavy atom. The molecule has 3 atom stereocenters. The quantitative estimate of drug-likeness (QED) is 0.655. The van der Waals surface area contributed by atoms with Gasteiger partial charge in [0.15, 0.2) is 0 Å². The molecule has 0 saturated carbocycles. The second kappa shape index (κ2) is 7.15. The molecule has 1 aliphatic carbocycles. The fourth-order valence-corrected chi connectivity index (χ4v) is 3.22. The fourth-order valence-electron chi connectivity index (χ4n) is 3.22. The van der Waals surface area contributed by atoms with Gasteiger partial charge in [0.1, 0.15) is 17.3 Å². The van der Waals surface area contributed by atoms with Gasteiger partial charge in [-0.3, -0.25) is 5.32 Å². The fraction of sp³-hybridized carbons (Fsp3) is 0.333. The van der Waals surface area contributed by atoms with Crippen molar-refractivity contribution in [1.82, 2.24) is 0 Å². The van der Waals surface area contributed by atoms with Gasteiger partial charge in [-0.1, -0.05) is 17.7 Å². The number of halogens is 2. The van der Waals surface area contributed by atoms with E-state index in [0.29, 0.717) is 12.0 Å². The van der Waals surface area contributed by atoms with Gasteiger partial charge in [0.2, 0.25) is 0 Å². The lowest BCUT2D eigenvalue weighted by Gasteiger charge is -2.33. The van der Waals surface area contributed by atoms with Gasteiger partial charge in [0, 0.05) is 5.92 Å². The van der Waals surface area contributed by atoms with Gasteiger partial charge in [0.05, 0.1) is 24.9 Å². The molecular weight excluding hydrogens is 348 g/mol. The van der Waals surface area contributed by atoms with Crippen LogP contribution in [0.1, 0.15) is 13.3 Å². The molecule has 1 aromatic rings. The second-order valence-electron chi connectivity index (χ2n) is 6.01. The van der Waals surface area contributed by atoms with Crippen molar-refractivity contribution in [2.45, 2.75) is 19.6 Å². The molecule has 3 rings (SSSR count). The number of allylic oxidation sites excluding steroid dienone is 1. The number of benzene rings is 1. The van der Waals surface area contributed by atoms with Gasteiger partial charge in [-0.05, 0) is 25.5 Å². The summed E-state index contributed by atoms with van der Waals surface area (Å²) in [5.74, 6) is -2.99. The van der Waals surface area contributed by atoms with E-state index in [0.717, 1.165) is 17.7 Å². The number of carbonyl (C=O) groups excluding carboxylic acids is 2. The summed E-state index contributed by atoms with van der Waals surface area (Å²) in [5, 5.41) is 2.04. The van der Waals surface area contributed by atoms with E-state index in [-0.39, 0.29) is 11.8 Å². The third-order valence-corrected chi connectivity index (χ3v) is 4.51. The normalized spacial score (nSPS) is 23.9. The maximum Gasteiger partial charge on any atom is 0.414 e. The van der Waals surface area contributed by atoms with E-state index in [2.05, 4.69) is 0 Å². The number of methoxy groups -OCH3 is 1. The molecule has 1 amide bonds. The van der Waals surface area contributed by atoms with Crippen LogP contribution in [-0.4, -0.2) is 25.5 Å². The van der Waals surface area contributed by atoms with Crippen LogP contribution >= 0.6 is 0 Å². The molecule has 1 N–H and O–H groups in total. The molecule has 6 nitrogen and oxygen atoms in total. The highest BCUT2D eigenvalue weighted by Crippen LogP contribution is 2.43. The minimum Gasteiger partial charge on any atom is -0.466 e. The third kappa shape index (κ3) is 3.26. The van der Waals surface area contributed by atoms with E-state index < -0.39 is 35.7 Å². The smallest absolute Gasteiger partial charge is 0.414 e. The van der Waals surface area contributed by atoms with Crippen LogP contribution in [0.3, 0.4) is 0 Å². The highest BCUT2D eigenvalue weighted by atomic mass is 19.1. The molecule has 0 bridgehead atoms. The molecule has 138 valence electrons. The Morgan fingerprint density at radius 2 is 1.96 bits per heavy atom. The molecule has 3 unspecified atom stereocenters. The highest BCUT2D eigenvalue weighted by Gasteiger charge is 2.44. The van der Waals surface area contributed by atoms with Crippen LogP contribution < -0.4 is 5.32 Å². The number of carbonyl (C=O) groups is 2. The third-order valence-electron chi connectivity index (χ3n) is 4.51. The molecule has 8 heteroatoms. The van der Waals surface area contributed by atoms with Gasteiger partial charge < -0.3 is 14.2 Å². The van der Waals surface area contributed by atoms with Gasteiger partial charge in [-0.25, -0.2) is 18.4 Å². The lowest BCUT2D eigenvalue weighted by Crippen LogP contribution is -2.38. The monoisotopic (exact) mass is 365 g/mol. The topological polar surface area (TPSA) is 73.9 Å². The van der Waals surface area contributed by atoms with Crippen LogP contribution in [0.2, 0.25) is 0 Å². The summed E-state index contributed by atoms with van der Waals surface area (Å²) in [5.41, 5.74) is 0.639. The van der Waals surface area contributed by atoms with E-state index in [9.17, 15) is 18.4 Å². The summed E-state index contributed by atoms with van der Waals surface area (Å²) in [6.07, 6.45) is 1.62. The number of amides is 1. The zero-order valence-corrected chi connectivity index (χ0v) is 14.1. The second-order valence-corrected chi connectivity index (χ2v) is 6.01. The molecule has 26 heavy (non-hydrogen) atoms. The van der Waals surface area contributed by atoms with Crippen molar-refractivity contribution in [2.75, 3.05) is 12.4 Å². The number of fused-ring (bicyclic) bond motifs is 1. The number of hydrogen-bond acceptors (Lipinski definition) is 5. The Bertz CT molecular complexity index is 785. The number of para-hydroxylation sites is 1. The first kappa shape index (κ1) is 17.9. The maximum atomic E-state index is 13.6. The molecule has 0 radical (unpaired) electrons. The van der Waals surface area contributed by atoms with Crippen molar-refractivity contribution in [3.63, 3.8) is 0 Å². The van der Waals surface area contributed by atoms with Gasteiger partial charge >= 0.3 is 12.1 Å². The summed E-state index contributed by atoms with van der Waals surface area (Å²) in [4.78, 5) is 23.9. The SMILES string of the molecule is COC(=O)C1=COC(OC(=O)Nc2c(F)cccc2F)C2C(C)=CCC12. The van der Waals surface area contributed by atoms with E-state index >= 15 is 0 Å². The number of anilines is 1. The number of nitrogens with one attached hydrogen (secondary N) is 1. The summed E-state index contributed by atoms with van der Waals surface area (Å²) in [6, 6.07) is 3.21. The van der Waals surface area contributed by atoms with Crippen molar-refractivity contribution in [1.29, 1.82) is 0 Å². The van der Waals surface area contributed by atoms with Crippen LogP contribution in [0.25, 0.3) is 0 Å². The lowest BCUT2D eigenvalue weighted by atomic mass is 9.84. The zero-order chi connectivity index (χ0) is 18.8. The highest BCUT2D eigenvalue weighted by molar-refractivity contribution is 5.89. The van der Waals surface area contributed by atoms with E-state index in [1.165, 1.54) is 19.4 Å². The van der Waals surface area contributed by atoms with Gasteiger partial charge in [-0.2, -0.15) is 0 Å². The molecule has 1 aliphatic heterocycles. The van der Waals surface area contributed by atoms with Gasteiger partial charge in [0.25, 0.3) is 6.29 Å². The van der Waals surface area contributed by atoms with E-state index in [1.54, 1.807) is 0 Å². The average Bonchev–Trinajstić information content (AvgIpc) is 3.00. The summed E-state index contributed by atoms with van der Waals surface area (Å²) in [6.45, 7) is 1.83. The van der Waals surface area contributed by atoms with Crippen molar-refractivity contribution in [3.05, 3.63) is 53.3 Å². The first-order chi connectivity index (χ1) is 12.4. The molecule has 1 aromatic carbocycles. The Labute approximate surface area is 148 Å². The van der Waals surface area contributed by atoms with Crippen molar-refractivity contribution >= 4 is 17.7 Å². The standard InChI is InChI=1S/C18H17F2NO5/c1-9-6-7-10-11(16(22)24-2)8-25-17(14(9)10)26-18(23)21-15-12(19)4-3-5-13(15)20/h3-6,8,10,14,17H,7H2,1-2H3,(H,21,23). The van der Waals surface area contributed by atoms with Crippen LogP contribution in [0, 0.1) is 23.5 Å². The molecular formula is C18H17F2NO5. The lowest BCUT2D eigenvalue weighted by molar-refractivity contribution is -0.141. The minimum atomic E-state index is -1.06. The molecule has 2 aliphatic rings. The molecule has 0 spiro atoms. The molecule has 0 saturated heterocycles.